The fraction of sp³-hybridized carbons (Fsp3) is 0.375. The van der Waals surface area contributed by atoms with Gasteiger partial charge >= 0.3 is 0 Å². The monoisotopic (exact) mass is 320 g/mol. The molecule has 6 nitrogen and oxygen atoms in total. The third-order valence-corrected chi connectivity index (χ3v) is 4.00. The number of hydrogen-bond acceptors (Lipinski definition) is 5. The summed E-state index contributed by atoms with van der Waals surface area (Å²) in [5, 5.41) is 0. The lowest BCUT2D eigenvalue weighted by Crippen LogP contribution is -2.42. The molecule has 1 fully saturated rings. The first-order valence-electron chi connectivity index (χ1n) is 7.23. The molecule has 2 aromatic rings. The molecule has 0 spiro atoms. The van der Waals surface area contributed by atoms with Gasteiger partial charge in [0.15, 0.2) is 6.39 Å². The molecule has 1 aromatic heterocycles. The van der Waals surface area contributed by atoms with Gasteiger partial charge in [0.05, 0.1) is 12.7 Å². The maximum Gasteiger partial charge on any atom is 0.291 e. The largest absolute Gasteiger partial charge is 0.491 e. The molecular formula is C16H17FN2O4. The van der Waals surface area contributed by atoms with Crippen LogP contribution in [-0.4, -0.2) is 48.2 Å². The van der Waals surface area contributed by atoms with Crippen molar-refractivity contribution in [2.75, 3.05) is 26.8 Å². The lowest BCUT2D eigenvalue weighted by molar-refractivity contribution is -0.0344. The highest BCUT2D eigenvalue weighted by atomic mass is 19.1. The molecule has 0 N–H and O–H groups in total. The number of benzene rings is 1. The van der Waals surface area contributed by atoms with Crippen LogP contribution in [0.25, 0.3) is 0 Å². The van der Waals surface area contributed by atoms with Crippen molar-refractivity contribution in [3.63, 3.8) is 0 Å². The van der Waals surface area contributed by atoms with E-state index in [1.165, 1.54) is 24.7 Å². The normalized spacial score (nSPS) is 20.7. The summed E-state index contributed by atoms with van der Waals surface area (Å²) in [5.74, 6) is 0.228. The number of halogens is 1. The van der Waals surface area contributed by atoms with Gasteiger partial charge in [0, 0.05) is 13.7 Å². The molecule has 1 saturated heterocycles. The van der Waals surface area contributed by atoms with Crippen LogP contribution in [0.4, 0.5) is 4.39 Å². The van der Waals surface area contributed by atoms with Crippen molar-refractivity contribution in [1.82, 2.24) is 9.88 Å². The number of aromatic nitrogens is 1. The zero-order chi connectivity index (χ0) is 16.3. The van der Waals surface area contributed by atoms with Gasteiger partial charge in [0.2, 0.25) is 5.76 Å². The Labute approximate surface area is 132 Å². The predicted octanol–water partition coefficient (Wildman–Crippen LogP) is 2.12. The highest BCUT2D eigenvalue weighted by Crippen LogP contribution is 2.27. The Hall–Kier alpha value is -2.41. The van der Waals surface area contributed by atoms with E-state index in [4.69, 9.17) is 13.9 Å². The molecule has 0 aliphatic carbocycles. The SMILES string of the molecule is CO[C@@]1(COc2ccc(F)cc2)CCN(C(=O)c2cnco2)C1. The second-order valence-corrected chi connectivity index (χ2v) is 5.47. The summed E-state index contributed by atoms with van der Waals surface area (Å²) in [4.78, 5) is 17.7. The number of hydrogen-bond donors (Lipinski definition) is 0. The molecule has 0 unspecified atom stereocenters. The minimum atomic E-state index is -0.593. The van der Waals surface area contributed by atoms with Crippen molar-refractivity contribution in [2.45, 2.75) is 12.0 Å². The molecule has 122 valence electrons. The summed E-state index contributed by atoms with van der Waals surface area (Å²) in [7, 11) is 1.59. The molecule has 1 aromatic carbocycles. The molecule has 2 heterocycles. The van der Waals surface area contributed by atoms with Gasteiger partial charge in [-0.2, -0.15) is 0 Å². The highest BCUT2D eigenvalue weighted by Gasteiger charge is 2.41. The molecule has 3 rings (SSSR count). The van der Waals surface area contributed by atoms with E-state index in [0.29, 0.717) is 25.3 Å². The maximum atomic E-state index is 12.9. The van der Waals surface area contributed by atoms with E-state index >= 15 is 0 Å². The third kappa shape index (κ3) is 3.34. The molecule has 0 bridgehead atoms. The van der Waals surface area contributed by atoms with Crippen molar-refractivity contribution in [3.8, 4) is 5.75 Å². The third-order valence-electron chi connectivity index (χ3n) is 4.00. The van der Waals surface area contributed by atoms with Crippen LogP contribution >= 0.6 is 0 Å². The topological polar surface area (TPSA) is 64.8 Å². The zero-order valence-corrected chi connectivity index (χ0v) is 12.7. The minimum absolute atomic E-state index is 0.205. The van der Waals surface area contributed by atoms with Crippen molar-refractivity contribution >= 4 is 5.91 Å². The summed E-state index contributed by atoms with van der Waals surface area (Å²) < 4.78 is 29.2. The number of ether oxygens (including phenoxy) is 2. The Morgan fingerprint density at radius 1 is 1.43 bits per heavy atom. The van der Waals surface area contributed by atoms with Gasteiger partial charge in [-0.1, -0.05) is 0 Å². The molecule has 1 amide bonds. The van der Waals surface area contributed by atoms with Gasteiger partial charge in [-0.05, 0) is 30.7 Å². The second-order valence-electron chi connectivity index (χ2n) is 5.47. The first kappa shape index (κ1) is 15.5. The number of amides is 1. The van der Waals surface area contributed by atoms with Gasteiger partial charge in [-0.25, -0.2) is 9.37 Å². The Bertz CT molecular complexity index is 659. The summed E-state index contributed by atoms with van der Waals surface area (Å²) in [6.45, 7) is 1.21. The summed E-state index contributed by atoms with van der Waals surface area (Å²) >= 11 is 0. The fourth-order valence-electron chi connectivity index (χ4n) is 2.58. The van der Waals surface area contributed by atoms with Crippen LogP contribution in [0.15, 0.2) is 41.3 Å². The van der Waals surface area contributed by atoms with Crippen LogP contribution in [0, 0.1) is 5.82 Å². The number of rotatable bonds is 5. The molecule has 1 atom stereocenters. The van der Waals surface area contributed by atoms with Gasteiger partial charge in [-0.3, -0.25) is 4.79 Å². The molecule has 1 aliphatic heterocycles. The Kier molecular flexibility index (Phi) is 4.29. The lowest BCUT2D eigenvalue weighted by atomic mass is 10.0. The highest BCUT2D eigenvalue weighted by molar-refractivity contribution is 5.91. The Morgan fingerprint density at radius 3 is 2.87 bits per heavy atom. The first-order valence-corrected chi connectivity index (χ1v) is 7.23. The maximum absolute atomic E-state index is 12.9. The first-order chi connectivity index (χ1) is 11.1. The van der Waals surface area contributed by atoms with Crippen molar-refractivity contribution in [2.24, 2.45) is 0 Å². The lowest BCUT2D eigenvalue weighted by Gasteiger charge is -2.27. The van der Waals surface area contributed by atoms with Gasteiger partial charge < -0.3 is 18.8 Å². The van der Waals surface area contributed by atoms with E-state index in [2.05, 4.69) is 4.98 Å². The van der Waals surface area contributed by atoms with Crippen molar-refractivity contribution < 1.29 is 23.1 Å². The molecule has 23 heavy (non-hydrogen) atoms. The smallest absolute Gasteiger partial charge is 0.291 e. The summed E-state index contributed by atoms with van der Waals surface area (Å²) in [6.07, 6.45) is 3.26. The van der Waals surface area contributed by atoms with E-state index in [1.807, 2.05) is 0 Å². The van der Waals surface area contributed by atoms with E-state index in [0.717, 1.165) is 0 Å². The number of likely N-dealkylation sites (tertiary alicyclic amines) is 1. The molecule has 0 saturated carbocycles. The minimum Gasteiger partial charge on any atom is -0.491 e. The second kappa shape index (κ2) is 6.37. The van der Waals surface area contributed by atoms with Crippen LogP contribution in [0.5, 0.6) is 5.75 Å². The molecular weight excluding hydrogens is 303 g/mol. The van der Waals surface area contributed by atoms with Gasteiger partial charge in [0.25, 0.3) is 5.91 Å². The molecule has 7 heteroatoms. The molecule has 1 aliphatic rings. The van der Waals surface area contributed by atoms with Crippen LogP contribution in [0.1, 0.15) is 17.0 Å². The quantitative estimate of drug-likeness (QED) is 0.844. The van der Waals surface area contributed by atoms with Crippen LogP contribution in [0.3, 0.4) is 0 Å². The van der Waals surface area contributed by atoms with Crippen molar-refractivity contribution in [1.29, 1.82) is 0 Å². The Balaban J connectivity index is 1.63. The average molecular weight is 320 g/mol. The van der Waals surface area contributed by atoms with Gasteiger partial charge in [0.1, 0.15) is 23.8 Å². The van der Waals surface area contributed by atoms with E-state index in [-0.39, 0.29) is 24.1 Å². The number of methoxy groups -OCH3 is 1. The predicted molar refractivity (Wildman–Crippen MR) is 78.7 cm³/mol. The zero-order valence-electron chi connectivity index (χ0n) is 12.7. The van der Waals surface area contributed by atoms with E-state index in [9.17, 15) is 9.18 Å². The van der Waals surface area contributed by atoms with Crippen LogP contribution in [-0.2, 0) is 4.74 Å². The number of carbonyl (C=O) groups is 1. The number of carbonyl (C=O) groups excluding carboxylic acids is 1. The number of oxazole rings is 1. The van der Waals surface area contributed by atoms with Gasteiger partial charge in [-0.15, -0.1) is 0 Å². The standard InChI is InChI=1S/C16H17FN2O4/c1-21-16(10-22-13-4-2-12(17)3-5-13)6-7-19(9-16)15(20)14-8-18-11-23-14/h2-5,8,11H,6-7,9-10H2,1H3/t16-/m0/s1. The van der Waals surface area contributed by atoms with E-state index in [1.54, 1.807) is 24.1 Å². The Morgan fingerprint density at radius 2 is 2.22 bits per heavy atom. The van der Waals surface area contributed by atoms with Crippen LogP contribution < -0.4 is 4.74 Å². The summed E-state index contributed by atoms with van der Waals surface area (Å²) in [6, 6.07) is 5.79. The summed E-state index contributed by atoms with van der Waals surface area (Å²) in [5.41, 5.74) is -0.593. The molecule has 0 radical (unpaired) electrons. The number of nitrogens with zero attached hydrogens (tertiary/aromatic N) is 2. The van der Waals surface area contributed by atoms with Crippen molar-refractivity contribution in [3.05, 3.63) is 48.4 Å². The fourth-order valence-corrected chi connectivity index (χ4v) is 2.58. The average Bonchev–Trinajstić information content (AvgIpc) is 3.24. The van der Waals surface area contributed by atoms with E-state index < -0.39 is 5.60 Å². The van der Waals surface area contributed by atoms with Crippen LogP contribution in [0.2, 0.25) is 0 Å².